The molecule has 0 unspecified atom stereocenters. The number of amides is 1. The lowest BCUT2D eigenvalue weighted by Gasteiger charge is -2.08. The average molecular weight is 348 g/mol. The van der Waals surface area contributed by atoms with Crippen molar-refractivity contribution in [3.8, 4) is 6.07 Å². The number of nitrogens with one attached hydrogen (secondary N) is 2. The summed E-state index contributed by atoms with van der Waals surface area (Å²) >= 11 is 6.02. The van der Waals surface area contributed by atoms with Crippen LogP contribution in [0.4, 0.5) is 11.4 Å². The highest BCUT2D eigenvalue weighted by atomic mass is 35.5. The van der Waals surface area contributed by atoms with E-state index in [1.807, 2.05) is 48.5 Å². The molecule has 0 saturated heterocycles. The fraction of sp³-hybridized carbons (Fsp3) is 0. The van der Waals surface area contributed by atoms with Crippen molar-refractivity contribution >= 4 is 39.7 Å². The molecule has 0 radical (unpaired) electrons. The summed E-state index contributed by atoms with van der Waals surface area (Å²) in [5.74, 6) is -0.525. The molecule has 4 nitrogen and oxygen atoms in total. The van der Waals surface area contributed by atoms with Gasteiger partial charge in [0.2, 0.25) is 0 Å². The number of halogens is 1. The molecule has 0 aliphatic carbocycles. The van der Waals surface area contributed by atoms with Crippen molar-refractivity contribution in [3.05, 3.63) is 83.5 Å². The predicted molar refractivity (Wildman–Crippen MR) is 101 cm³/mol. The molecular weight excluding hydrogens is 334 g/mol. The summed E-state index contributed by atoms with van der Waals surface area (Å²) in [4.78, 5) is 12.3. The molecule has 0 aliphatic rings. The maximum atomic E-state index is 12.3. The molecule has 0 bridgehead atoms. The predicted octanol–water partition coefficient (Wildman–Crippen LogP) is 4.95. The van der Waals surface area contributed by atoms with Crippen LogP contribution in [0, 0.1) is 11.3 Å². The van der Waals surface area contributed by atoms with Gasteiger partial charge in [0.15, 0.2) is 0 Å². The Labute approximate surface area is 150 Å². The van der Waals surface area contributed by atoms with Crippen molar-refractivity contribution in [1.82, 2.24) is 0 Å². The van der Waals surface area contributed by atoms with Crippen LogP contribution in [0.25, 0.3) is 10.8 Å². The van der Waals surface area contributed by atoms with Gasteiger partial charge in [-0.1, -0.05) is 60.1 Å². The minimum atomic E-state index is -0.525. The van der Waals surface area contributed by atoms with E-state index in [1.165, 1.54) is 6.20 Å². The van der Waals surface area contributed by atoms with E-state index >= 15 is 0 Å². The number of rotatable bonds is 4. The van der Waals surface area contributed by atoms with Gasteiger partial charge in [-0.05, 0) is 23.6 Å². The molecule has 0 aliphatic heterocycles. The van der Waals surface area contributed by atoms with Gasteiger partial charge in [-0.15, -0.1) is 0 Å². The Bertz CT molecular complexity index is 1000. The summed E-state index contributed by atoms with van der Waals surface area (Å²) in [5.41, 5.74) is 1.23. The fourth-order valence-corrected chi connectivity index (χ4v) is 2.58. The Balaban J connectivity index is 1.82. The zero-order chi connectivity index (χ0) is 17.6. The first-order chi connectivity index (χ1) is 12.2. The lowest BCUT2D eigenvalue weighted by molar-refractivity contribution is -0.112. The minimum Gasteiger partial charge on any atom is -0.360 e. The largest absolute Gasteiger partial charge is 0.360 e. The van der Waals surface area contributed by atoms with Gasteiger partial charge in [-0.25, -0.2) is 0 Å². The van der Waals surface area contributed by atoms with Crippen molar-refractivity contribution in [2.45, 2.75) is 0 Å². The van der Waals surface area contributed by atoms with Crippen LogP contribution in [0.15, 0.2) is 78.5 Å². The molecule has 0 fully saturated rings. The summed E-state index contributed by atoms with van der Waals surface area (Å²) in [6.07, 6.45) is 1.40. The molecule has 0 heterocycles. The second-order valence-electron chi connectivity index (χ2n) is 5.27. The Morgan fingerprint density at radius 2 is 1.64 bits per heavy atom. The topological polar surface area (TPSA) is 64.9 Å². The highest BCUT2D eigenvalue weighted by molar-refractivity contribution is 6.34. The summed E-state index contributed by atoms with van der Waals surface area (Å²) in [6.45, 7) is 0. The summed E-state index contributed by atoms with van der Waals surface area (Å²) in [7, 11) is 0. The number of para-hydroxylation sites is 1. The Hall–Kier alpha value is -3.29. The zero-order valence-corrected chi connectivity index (χ0v) is 13.9. The monoisotopic (exact) mass is 347 g/mol. The molecule has 3 aromatic rings. The zero-order valence-electron chi connectivity index (χ0n) is 13.2. The highest BCUT2D eigenvalue weighted by Crippen LogP contribution is 2.24. The maximum Gasteiger partial charge on any atom is 0.267 e. The third-order valence-corrected chi connectivity index (χ3v) is 3.98. The van der Waals surface area contributed by atoms with Crippen LogP contribution in [0.3, 0.4) is 0 Å². The van der Waals surface area contributed by atoms with Gasteiger partial charge in [0.05, 0.1) is 10.7 Å². The normalized spacial score (nSPS) is 11.0. The van der Waals surface area contributed by atoms with Gasteiger partial charge in [0.1, 0.15) is 11.6 Å². The quantitative estimate of drug-likeness (QED) is 0.518. The van der Waals surface area contributed by atoms with Crippen molar-refractivity contribution < 1.29 is 4.79 Å². The number of benzene rings is 3. The molecule has 3 aromatic carbocycles. The SMILES string of the molecule is N#C/C(=C/Nc1cccc2ccccc12)C(=O)Nc1ccccc1Cl. The van der Waals surface area contributed by atoms with Crippen molar-refractivity contribution in [1.29, 1.82) is 5.26 Å². The molecule has 3 rings (SSSR count). The highest BCUT2D eigenvalue weighted by Gasteiger charge is 2.11. The number of carbonyl (C=O) groups is 1. The lowest BCUT2D eigenvalue weighted by Crippen LogP contribution is -2.14. The third-order valence-electron chi connectivity index (χ3n) is 3.65. The maximum absolute atomic E-state index is 12.3. The number of hydrogen-bond donors (Lipinski definition) is 2. The number of nitriles is 1. The molecular formula is C20H14ClN3O. The number of fused-ring (bicyclic) bond motifs is 1. The van der Waals surface area contributed by atoms with E-state index in [0.717, 1.165) is 16.5 Å². The molecule has 122 valence electrons. The second-order valence-corrected chi connectivity index (χ2v) is 5.68. The summed E-state index contributed by atoms with van der Waals surface area (Å²) in [5, 5.41) is 17.4. The van der Waals surface area contributed by atoms with Crippen LogP contribution in [0.2, 0.25) is 5.02 Å². The van der Waals surface area contributed by atoms with Gasteiger partial charge >= 0.3 is 0 Å². The first kappa shape index (κ1) is 16.6. The first-order valence-corrected chi connectivity index (χ1v) is 7.97. The number of nitrogens with zero attached hydrogens (tertiary/aromatic N) is 1. The van der Waals surface area contributed by atoms with E-state index in [4.69, 9.17) is 11.6 Å². The summed E-state index contributed by atoms with van der Waals surface area (Å²) in [6, 6.07) is 22.4. The first-order valence-electron chi connectivity index (χ1n) is 7.59. The van der Waals surface area contributed by atoms with Crippen LogP contribution in [0.5, 0.6) is 0 Å². The Kier molecular flexibility index (Phi) is 4.98. The smallest absolute Gasteiger partial charge is 0.267 e. The van der Waals surface area contributed by atoms with E-state index < -0.39 is 5.91 Å². The molecule has 0 spiro atoms. The van der Waals surface area contributed by atoms with Crippen LogP contribution in [-0.4, -0.2) is 5.91 Å². The second kappa shape index (κ2) is 7.52. The number of hydrogen-bond acceptors (Lipinski definition) is 3. The van der Waals surface area contributed by atoms with E-state index in [2.05, 4.69) is 10.6 Å². The van der Waals surface area contributed by atoms with Gasteiger partial charge < -0.3 is 10.6 Å². The number of anilines is 2. The van der Waals surface area contributed by atoms with E-state index in [-0.39, 0.29) is 5.57 Å². The van der Waals surface area contributed by atoms with Gasteiger partial charge in [-0.2, -0.15) is 5.26 Å². The van der Waals surface area contributed by atoms with Crippen molar-refractivity contribution in [2.24, 2.45) is 0 Å². The van der Waals surface area contributed by atoms with Crippen LogP contribution < -0.4 is 10.6 Å². The van der Waals surface area contributed by atoms with Gasteiger partial charge in [-0.3, -0.25) is 4.79 Å². The lowest BCUT2D eigenvalue weighted by atomic mass is 10.1. The number of carbonyl (C=O) groups excluding carboxylic acids is 1. The Morgan fingerprint density at radius 1 is 0.960 bits per heavy atom. The molecule has 25 heavy (non-hydrogen) atoms. The van der Waals surface area contributed by atoms with Crippen LogP contribution >= 0.6 is 11.6 Å². The van der Waals surface area contributed by atoms with Crippen molar-refractivity contribution in [3.63, 3.8) is 0 Å². The minimum absolute atomic E-state index is 0.0483. The standard InChI is InChI=1S/C20H14ClN3O/c21-17-9-3-4-10-19(17)24-20(25)15(12-22)13-23-18-11-5-7-14-6-1-2-8-16(14)18/h1-11,13,23H,(H,24,25)/b15-13-. The molecule has 0 aromatic heterocycles. The molecule has 5 heteroatoms. The fourth-order valence-electron chi connectivity index (χ4n) is 2.40. The van der Waals surface area contributed by atoms with E-state index in [0.29, 0.717) is 10.7 Å². The molecule has 1 amide bonds. The van der Waals surface area contributed by atoms with Gasteiger partial charge in [0, 0.05) is 17.3 Å². The van der Waals surface area contributed by atoms with Crippen molar-refractivity contribution in [2.75, 3.05) is 10.6 Å². The summed E-state index contributed by atoms with van der Waals surface area (Å²) < 4.78 is 0. The van der Waals surface area contributed by atoms with E-state index in [9.17, 15) is 10.1 Å². The van der Waals surface area contributed by atoms with Crippen LogP contribution in [0.1, 0.15) is 0 Å². The van der Waals surface area contributed by atoms with Gasteiger partial charge in [0.25, 0.3) is 5.91 Å². The Morgan fingerprint density at radius 3 is 2.44 bits per heavy atom. The molecule has 0 atom stereocenters. The average Bonchev–Trinajstić information content (AvgIpc) is 2.64. The third kappa shape index (κ3) is 3.79. The van der Waals surface area contributed by atoms with E-state index in [1.54, 1.807) is 24.3 Å². The van der Waals surface area contributed by atoms with Crippen LogP contribution in [-0.2, 0) is 4.79 Å². The molecule has 2 N–H and O–H groups in total. The molecule has 0 saturated carbocycles.